The fraction of sp³-hybridized carbons (Fsp3) is 0.250. The molecule has 0 amide bonds. The van der Waals surface area contributed by atoms with Crippen LogP contribution in [-0.4, -0.2) is 23.5 Å². The first kappa shape index (κ1) is 7.39. The van der Waals surface area contributed by atoms with Gasteiger partial charge in [-0.1, -0.05) is 6.58 Å². The summed E-state index contributed by atoms with van der Waals surface area (Å²) in [6.45, 7) is 3.23. The molecule has 0 atom stereocenters. The van der Waals surface area contributed by atoms with Crippen LogP contribution in [0.3, 0.4) is 0 Å². The highest BCUT2D eigenvalue weighted by molar-refractivity contribution is 6.42. The molecule has 0 heterocycles. The summed E-state index contributed by atoms with van der Waals surface area (Å²) >= 11 is 0. The Bertz CT molecular complexity index is 99.5. The van der Waals surface area contributed by atoms with Crippen molar-refractivity contribution in [1.82, 2.24) is 0 Å². The van der Waals surface area contributed by atoms with Crippen LogP contribution in [0, 0.1) is 0 Å². The van der Waals surface area contributed by atoms with Crippen molar-refractivity contribution in [1.29, 1.82) is 0 Å². The summed E-state index contributed by atoms with van der Waals surface area (Å²) in [5.74, 6) is 0. The summed E-state index contributed by atoms with van der Waals surface area (Å²) in [4.78, 5) is 9.72. The smallest absolute Gasteiger partial charge is 0.427 e. The second-order valence-corrected chi connectivity index (χ2v) is 1.46. The Kier molecular flexibility index (Phi) is 3.15. The molecule has 3 nitrogen and oxygen atoms in total. The van der Waals surface area contributed by atoms with Crippen molar-refractivity contribution < 1.29 is 14.8 Å². The summed E-state index contributed by atoms with van der Waals surface area (Å²) in [5.41, 5.74) is 0.194. The lowest BCUT2D eigenvalue weighted by Crippen LogP contribution is -2.10. The Balaban J connectivity index is 3.39. The van der Waals surface area contributed by atoms with Crippen LogP contribution < -0.4 is 0 Å². The van der Waals surface area contributed by atoms with E-state index in [2.05, 4.69) is 6.58 Å². The van der Waals surface area contributed by atoms with Gasteiger partial charge in [0.25, 0.3) is 0 Å². The third-order valence-corrected chi connectivity index (χ3v) is 0.611. The monoisotopic (exact) mass is 114 g/mol. The quantitative estimate of drug-likeness (QED) is 0.287. The van der Waals surface area contributed by atoms with Crippen LogP contribution in [0.5, 0.6) is 0 Å². The molecule has 0 rings (SSSR count). The molecule has 0 saturated heterocycles. The number of carbonyl (C=O) groups excluding carboxylic acids is 1. The first-order chi connectivity index (χ1) is 3.66. The largest absolute Gasteiger partial charge is 0.456 e. The molecule has 0 saturated carbocycles. The average Bonchev–Trinajstić information content (AvgIpc) is 1.65. The molecule has 0 aliphatic carbocycles. The average molecular weight is 114 g/mol. The van der Waals surface area contributed by atoms with Crippen LogP contribution in [0.1, 0.15) is 0 Å². The van der Waals surface area contributed by atoms with E-state index in [9.17, 15) is 4.79 Å². The fourth-order valence-corrected chi connectivity index (χ4v) is 0.283. The summed E-state index contributed by atoms with van der Waals surface area (Å²) in [6, 6.07) is 0. The van der Waals surface area contributed by atoms with Crippen molar-refractivity contribution >= 4 is 13.4 Å². The predicted octanol–water partition coefficient (Wildman–Crippen LogP) is -0.786. The third kappa shape index (κ3) is 3.58. The highest BCUT2D eigenvalue weighted by Gasteiger charge is 2.06. The van der Waals surface area contributed by atoms with E-state index in [0.717, 1.165) is 0 Å². The van der Waals surface area contributed by atoms with Gasteiger partial charge in [-0.15, -0.1) is 0 Å². The predicted molar refractivity (Wildman–Crippen MR) is 30.2 cm³/mol. The van der Waals surface area contributed by atoms with E-state index in [-0.39, 0.29) is 11.9 Å². The molecule has 0 aromatic heterocycles. The van der Waals surface area contributed by atoms with E-state index >= 15 is 0 Å². The van der Waals surface area contributed by atoms with Crippen molar-refractivity contribution in [2.45, 2.75) is 6.32 Å². The van der Waals surface area contributed by atoms with Crippen LogP contribution in [0.15, 0.2) is 12.2 Å². The minimum absolute atomic E-state index is 0.0660. The Labute approximate surface area is 47.8 Å². The Morgan fingerprint density at radius 2 is 2.25 bits per heavy atom. The van der Waals surface area contributed by atoms with Gasteiger partial charge in [0.05, 0.1) is 0 Å². The molecule has 0 aromatic carbocycles. The normalized spacial score (nSPS) is 8.25. The maximum Gasteiger partial charge on any atom is 0.456 e. The maximum atomic E-state index is 9.72. The second kappa shape index (κ2) is 3.40. The minimum atomic E-state index is -1.45. The SMILES string of the molecule is C=C(C=O)CB(O)O. The van der Waals surface area contributed by atoms with E-state index in [1.54, 1.807) is 0 Å². The van der Waals surface area contributed by atoms with Gasteiger partial charge in [0.15, 0.2) is 0 Å². The van der Waals surface area contributed by atoms with Crippen LogP contribution in [-0.2, 0) is 4.79 Å². The van der Waals surface area contributed by atoms with Gasteiger partial charge in [-0.3, -0.25) is 4.79 Å². The van der Waals surface area contributed by atoms with Gasteiger partial charge in [0.2, 0.25) is 0 Å². The van der Waals surface area contributed by atoms with E-state index in [1.165, 1.54) is 0 Å². The van der Waals surface area contributed by atoms with Crippen molar-refractivity contribution in [3.63, 3.8) is 0 Å². The minimum Gasteiger partial charge on any atom is -0.427 e. The number of hydrogen-bond acceptors (Lipinski definition) is 3. The van der Waals surface area contributed by atoms with Crippen molar-refractivity contribution in [3.8, 4) is 0 Å². The van der Waals surface area contributed by atoms with E-state index < -0.39 is 7.12 Å². The van der Waals surface area contributed by atoms with E-state index in [0.29, 0.717) is 6.29 Å². The third-order valence-electron chi connectivity index (χ3n) is 0.611. The number of hydrogen-bond donors (Lipinski definition) is 2. The standard InChI is InChI=1S/C4H7BO3/c1-4(3-6)2-5(7)8/h3,7-8H,1-2H2. The highest BCUT2D eigenvalue weighted by atomic mass is 16.4. The zero-order valence-corrected chi connectivity index (χ0v) is 4.37. The molecule has 0 unspecified atom stereocenters. The molecule has 0 fully saturated rings. The number of rotatable bonds is 3. The Hall–Kier alpha value is -0.605. The van der Waals surface area contributed by atoms with Gasteiger partial charge in [-0.25, -0.2) is 0 Å². The molecule has 2 N–H and O–H groups in total. The van der Waals surface area contributed by atoms with Gasteiger partial charge < -0.3 is 10.0 Å². The number of allylic oxidation sites excluding steroid dienone is 1. The zero-order chi connectivity index (χ0) is 6.57. The number of aldehydes is 1. The Morgan fingerprint density at radius 3 is 2.38 bits per heavy atom. The van der Waals surface area contributed by atoms with E-state index in [1.807, 2.05) is 0 Å². The number of carbonyl (C=O) groups is 1. The summed E-state index contributed by atoms with van der Waals surface area (Å²) < 4.78 is 0. The second-order valence-electron chi connectivity index (χ2n) is 1.46. The molecular weight excluding hydrogens is 107 g/mol. The molecule has 0 bridgehead atoms. The van der Waals surface area contributed by atoms with Crippen molar-refractivity contribution in [3.05, 3.63) is 12.2 Å². The molecule has 0 aromatic rings. The first-order valence-electron chi connectivity index (χ1n) is 2.16. The molecule has 8 heavy (non-hydrogen) atoms. The van der Waals surface area contributed by atoms with Gasteiger partial charge in [0, 0.05) is 6.32 Å². The topological polar surface area (TPSA) is 57.5 Å². The Morgan fingerprint density at radius 1 is 1.75 bits per heavy atom. The molecule has 0 radical (unpaired) electrons. The van der Waals surface area contributed by atoms with Crippen LogP contribution in [0.2, 0.25) is 6.32 Å². The van der Waals surface area contributed by atoms with Crippen LogP contribution in [0.25, 0.3) is 0 Å². The summed E-state index contributed by atoms with van der Waals surface area (Å²) in [5, 5.41) is 16.4. The van der Waals surface area contributed by atoms with Crippen molar-refractivity contribution in [2.24, 2.45) is 0 Å². The fourth-order valence-electron chi connectivity index (χ4n) is 0.283. The van der Waals surface area contributed by atoms with E-state index in [4.69, 9.17) is 10.0 Å². The summed E-state index contributed by atoms with van der Waals surface area (Å²) in [7, 11) is -1.45. The lowest BCUT2D eigenvalue weighted by atomic mass is 9.83. The molecule has 4 heteroatoms. The van der Waals surface area contributed by atoms with Crippen molar-refractivity contribution in [2.75, 3.05) is 0 Å². The lowest BCUT2D eigenvalue weighted by Gasteiger charge is -1.91. The molecule has 0 spiro atoms. The first-order valence-corrected chi connectivity index (χ1v) is 2.16. The molecular formula is C4H7BO3. The zero-order valence-electron chi connectivity index (χ0n) is 4.37. The molecule has 44 valence electrons. The van der Waals surface area contributed by atoms with Gasteiger partial charge >= 0.3 is 7.12 Å². The molecule has 0 aliphatic rings. The summed E-state index contributed by atoms with van der Waals surface area (Å²) in [6.07, 6.45) is 0.433. The van der Waals surface area contributed by atoms with Gasteiger partial charge in [-0.05, 0) is 5.57 Å². The van der Waals surface area contributed by atoms with Crippen LogP contribution in [0.4, 0.5) is 0 Å². The molecule has 0 aliphatic heterocycles. The lowest BCUT2D eigenvalue weighted by molar-refractivity contribution is -0.104. The van der Waals surface area contributed by atoms with Crippen LogP contribution >= 0.6 is 0 Å². The van der Waals surface area contributed by atoms with Gasteiger partial charge in [-0.2, -0.15) is 0 Å². The maximum absolute atomic E-state index is 9.72. The van der Waals surface area contributed by atoms with Gasteiger partial charge in [0.1, 0.15) is 6.29 Å². The highest BCUT2D eigenvalue weighted by Crippen LogP contribution is 1.94.